The largest absolute Gasteiger partial charge is 0.481 e. The Morgan fingerprint density at radius 2 is 2.37 bits per heavy atom. The maximum absolute atomic E-state index is 10.9. The zero-order valence-corrected chi connectivity index (χ0v) is 12.5. The average molecular weight is 300 g/mol. The van der Waals surface area contributed by atoms with Gasteiger partial charge in [-0.1, -0.05) is 23.7 Å². The first-order valence-corrected chi connectivity index (χ1v) is 7.88. The summed E-state index contributed by atoms with van der Waals surface area (Å²) in [6.45, 7) is 3.70. The third kappa shape index (κ3) is 4.13. The second-order valence-corrected chi connectivity index (χ2v) is 6.44. The summed E-state index contributed by atoms with van der Waals surface area (Å²) >= 11 is 7.97. The molecule has 104 valence electrons. The molecular formula is C14H18ClNO2S. The number of hydrogen-bond acceptors (Lipinski definition) is 3. The van der Waals surface area contributed by atoms with Gasteiger partial charge < -0.3 is 5.11 Å². The Morgan fingerprint density at radius 3 is 3.05 bits per heavy atom. The standard InChI is InChI=1S/C14H18ClNO2S/c1-10-2-3-11(6-13(10)15)8-16-4-5-19-9-12(16)7-14(17)18/h2-3,6,12H,4-5,7-9H2,1H3,(H,17,18). The van der Waals surface area contributed by atoms with Crippen molar-refractivity contribution < 1.29 is 9.90 Å². The van der Waals surface area contributed by atoms with Crippen molar-refractivity contribution in [3.8, 4) is 0 Å². The maximum atomic E-state index is 10.9. The van der Waals surface area contributed by atoms with Gasteiger partial charge in [0.25, 0.3) is 0 Å². The first kappa shape index (κ1) is 14.7. The summed E-state index contributed by atoms with van der Waals surface area (Å²) in [6, 6.07) is 6.19. The molecule has 1 saturated heterocycles. The highest BCUT2D eigenvalue weighted by Gasteiger charge is 2.24. The van der Waals surface area contributed by atoms with Gasteiger partial charge in [0.1, 0.15) is 0 Å². The summed E-state index contributed by atoms with van der Waals surface area (Å²) in [5.74, 6) is 1.24. The smallest absolute Gasteiger partial charge is 0.304 e. The second kappa shape index (κ2) is 6.64. The summed E-state index contributed by atoms with van der Waals surface area (Å²) in [5.41, 5.74) is 2.22. The van der Waals surface area contributed by atoms with E-state index in [1.807, 2.05) is 30.8 Å². The Bertz CT molecular complexity index is 467. The zero-order valence-electron chi connectivity index (χ0n) is 10.9. The van der Waals surface area contributed by atoms with Gasteiger partial charge in [-0.25, -0.2) is 0 Å². The van der Waals surface area contributed by atoms with E-state index in [4.69, 9.17) is 16.7 Å². The molecule has 5 heteroatoms. The number of aliphatic carboxylic acids is 1. The van der Waals surface area contributed by atoms with Crippen LogP contribution >= 0.6 is 23.4 Å². The van der Waals surface area contributed by atoms with Crippen molar-refractivity contribution in [1.82, 2.24) is 4.90 Å². The molecule has 0 aromatic heterocycles. The van der Waals surface area contributed by atoms with Crippen LogP contribution in [0.2, 0.25) is 5.02 Å². The first-order valence-electron chi connectivity index (χ1n) is 6.35. The number of carboxylic acids is 1. The Hall–Kier alpha value is -0.710. The van der Waals surface area contributed by atoms with E-state index in [0.717, 1.165) is 40.7 Å². The number of benzene rings is 1. The molecule has 0 amide bonds. The van der Waals surface area contributed by atoms with Gasteiger partial charge in [0.2, 0.25) is 0 Å². The number of thioether (sulfide) groups is 1. The van der Waals surface area contributed by atoms with Gasteiger partial charge in [0.05, 0.1) is 6.42 Å². The Balaban J connectivity index is 2.06. The number of nitrogens with zero attached hydrogens (tertiary/aromatic N) is 1. The molecule has 1 atom stereocenters. The van der Waals surface area contributed by atoms with E-state index in [9.17, 15) is 4.79 Å². The summed E-state index contributed by atoms with van der Waals surface area (Å²) in [6.07, 6.45) is 0.215. The molecule has 0 bridgehead atoms. The number of halogens is 1. The van der Waals surface area contributed by atoms with Gasteiger partial charge in [0, 0.05) is 35.7 Å². The molecule has 1 unspecified atom stereocenters. The molecule has 1 N–H and O–H groups in total. The van der Waals surface area contributed by atoms with Crippen LogP contribution < -0.4 is 0 Å². The van der Waals surface area contributed by atoms with Crippen LogP contribution in [0.15, 0.2) is 18.2 Å². The van der Waals surface area contributed by atoms with Crippen molar-refractivity contribution in [2.45, 2.75) is 25.9 Å². The molecule has 0 spiro atoms. The maximum Gasteiger partial charge on any atom is 0.304 e. The highest BCUT2D eigenvalue weighted by atomic mass is 35.5. The Labute approximate surface area is 122 Å². The topological polar surface area (TPSA) is 40.5 Å². The molecule has 0 radical (unpaired) electrons. The van der Waals surface area contributed by atoms with E-state index in [1.54, 1.807) is 0 Å². The Morgan fingerprint density at radius 1 is 1.58 bits per heavy atom. The zero-order chi connectivity index (χ0) is 13.8. The fourth-order valence-corrected chi connectivity index (χ4v) is 3.59. The highest BCUT2D eigenvalue weighted by molar-refractivity contribution is 7.99. The summed E-state index contributed by atoms with van der Waals surface area (Å²) in [7, 11) is 0. The fraction of sp³-hybridized carbons (Fsp3) is 0.500. The van der Waals surface area contributed by atoms with Gasteiger partial charge in [-0.05, 0) is 24.1 Å². The van der Waals surface area contributed by atoms with Crippen molar-refractivity contribution >= 4 is 29.3 Å². The van der Waals surface area contributed by atoms with Crippen LogP contribution in [0.3, 0.4) is 0 Å². The molecule has 2 rings (SSSR count). The average Bonchev–Trinajstić information content (AvgIpc) is 2.36. The second-order valence-electron chi connectivity index (χ2n) is 4.88. The number of carboxylic acid groups (broad SMARTS) is 1. The predicted octanol–water partition coefficient (Wildman–Crippen LogP) is 3.04. The number of hydrogen-bond donors (Lipinski definition) is 1. The van der Waals surface area contributed by atoms with Gasteiger partial charge in [-0.15, -0.1) is 0 Å². The van der Waals surface area contributed by atoms with E-state index in [0.29, 0.717) is 0 Å². The minimum Gasteiger partial charge on any atom is -0.481 e. The quantitative estimate of drug-likeness (QED) is 0.928. The summed E-state index contributed by atoms with van der Waals surface area (Å²) < 4.78 is 0. The summed E-state index contributed by atoms with van der Waals surface area (Å²) in [5, 5.41) is 9.75. The van der Waals surface area contributed by atoms with Crippen molar-refractivity contribution in [3.05, 3.63) is 34.3 Å². The van der Waals surface area contributed by atoms with E-state index >= 15 is 0 Å². The number of rotatable bonds is 4. The van der Waals surface area contributed by atoms with Crippen molar-refractivity contribution in [1.29, 1.82) is 0 Å². The molecule has 1 fully saturated rings. The van der Waals surface area contributed by atoms with Crippen LogP contribution in [0.1, 0.15) is 17.5 Å². The minimum absolute atomic E-state index is 0.122. The molecule has 0 saturated carbocycles. The molecule has 1 aromatic rings. The van der Waals surface area contributed by atoms with Crippen LogP contribution in [-0.2, 0) is 11.3 Å². The predicted molar refractivity (Wildman–Crippen MR) is 80.0 cm³/mol. The lowest BCUT2D eigenvalue weighted by molar-refractivity contribution is -0.138. The third-order valence-corrected chi connectivity index (χ3v) is 4.88. The fourth-order valence-electron chi connectivity index (χ4n) is 2.26. The van der Waals surface area contributed by atoms with Gasteiger partial charge in [0.15, 0.2) is 0 Å². The van der Waals surface area contributed by atoms with E-state index in [1.165, 1.54) is 0 Å². The van der Waals surface area contributed by atoms with E-state index in [2.05, 4.69) is 11.0 Å². The van der Waals surface area contributed by atoms with Crippen molar-refractivity contribution in [2.75, 3.05) is 18.1 Å². The molecule has 3 nitrogen and oxygen atoms in total. The normalized spacial score (nSPS) is 20.4. The van der Waals surface area contributed by atoms with Crippen LogP contribution in [0.5, 0.6) is 0 Å². The van der Waals surface area contributed by atoms with Crippen LogP contribution in [0.25, 0.3) is 0 Å². The van der Waals surface area contributed by atoms with Crippen LogP contribution in [0.4, 0.5) is 0 Å². The number of aryl methyl sites for hydroxylation is 1. The first-order chi connectivity index (χ1) is 9.06. The lowest BCUT2D eigenvalue weighted by Crippen LogP contribution is -2.42. The molecule has 1 aromatic carbocycles. The van der Waals surface area contributed by atoms with E-state index in [-0.39, 0.29) is 12.5 Å². The van der Waals surface area contributed by atoms with Crippen LogP contribution in [0, 0.1) is 6.92 Å². The molecule has 1 heterocycles. The van der Waals surface area contributed by atoms with Gasteiger partial charge >= 0.3 is 5.97 Å². The molecule has 0 aliphatic carbocycles. The van der Waals surface area contributed by atoms with Gasteiger partial charge in [-0.2, -0.15) is 11.8 Å². The van der Waals surface area contributed by atoms with Crippen molar-refractivity contribution in [3.63, 3.8) is 0 Å². The lowest BCUT2D eigenvalue weighted by atomic mass is 10.1. The molecular weight excluding hydrogens is 282 g/mol. The number of carbonyl (C=O) groups is 1. The van der Waals surface area contributed by atoms with Crippen molar-refractivity contribution in [2.24, 2.45) is 0 Å². The van der Waals surface area contributed by atoms with E-state index < -0.39 is 5.97 Å². The van der Waals surface area contributed by atoms with Crippen LogP contribution in [-0.4, -0.2) is 40.1 Å². The SMILES string of the molecule is Cc1ccc(CN2CCSCC2CC(=O)O)cc1Cl. The highest BCUT2D eigenvalue weighted by Crippen LogP contribution is 2.23. The Kier molecular flexibility index (Phi) is 5.13. The monoisotopic (exact) mass is 299 g/mol. The minimum atomic E-state index is -0.723. The molecule has 1 aliphatic heterocycles. The summed E-state index contributed by atoms with van der Waals surface area (Å²) in [4.78, 5) is 13.2. The molecule has 1 aliphatic rings. The lowest BCUT2D eigenvalue weighted by Gasteiger charge is -2.34. The van der Waals surface area contributed by atoms with Gasteiger partial charge in [-0.3, -0.25) is 9.69 Å². The third-order valence-electron chi connectivity index (χ3n) is 3.38. The molecule has 19 heavy (non-hydrogen) atoms.